The van der Waals surface area contributed by atoms with E-state index in [0.29, 0.717) is 25.1 Å². The largest absolute Gasteiger partial charge is 0.494 e. The number of benzene rings is 2. The van der Waals surface area contributed by atoms with E-state index in [1.165, 1.54) is 0 Å². The number of ether oxygens (including phenoxy) is 1. The Kier molecular flexibility index (Phi) is 5.56. The molecule has 112 valence electrons. The second-order valence-corrected chi connectivity index (χ2v) is 4.84. The lowest BCUT2D eigenvalue weighted by Gasteiger charge is -2.07. The van der Waals surface area contributed by atoms with Gasteiger partial charge in [-0.1, -0.05) is 24.3 Å². The van der Waals surface area contributed by atoms with E-state index < -0.39 is 0 Å². The number of hydrogen-bond acceptors (Lipinski definition) is 3. The van der Waals surface area contributed by atoms with Crippen LogP contribution in [-0.4, -0.2) is 12.5 Å². The molecule has 0 aliphatic rings. The van der Waals surface area contributed by atoms with Crippen LogP contribution in [0.5, 0.6) is 5.75 Å². The molecule has 1 amide bonds. The number of nitrogens with zero attached hydrogens (tertiary/aromatic N) is 1. The number of amides is 1. The summed E-state index contributed by atoms with van der Waals surface area (Å²) >= 11 is 0. The average molecular weight is 294 g/mol. The van der Waals surface area contributed by atoms with Gasteiger partial charge in [-0.2, -0.15) is 5.26 Å². The van der Waals surface area contributed by atoms with Crippen molar-refractivity contribution in [2.75, 3.05) is 6.61 Å². The van der Waals surface area contributed by atoms with Crippen LogP contribution in [0.1, 0.15) is 23.6 Å². The summed E-state index contributed by atoms with van der Waals surface area (Å²) in [5, 5.41) is 11.6. The predicted molar refractivity (Wildman–Crippen MR) is 84.3 cm³/mol. The molecule has 22 heavy (non-hydrogen) atoms. The topological polar surface area (TPSA) is 62.1 Å². The zero-order valence-corrected chi connectivity index (χ0v) is 12.5. The highest BCUT2D eigenvalue weighted by atomic mass is 16.5. The van der Waals surface area contributed by atoms with E-state index in [-0.39, 0.29) is 5.91 Å². The molecule has 0 radical (unpaired) electrons. The first-order chi connectivity index (χ1) is 10.7. The lowest BCUT2D eigenvalue weighted by Crippen LogP contribution is -2.24. The van der Waals surface area contributed by atoms with Gasteiger partial charge in [0.2, 0.25) is 5.91 Å². The Bertz CT molecular complexity index is 655. The van der Waals surface area contributed by atoms with Crippen LogP contribution in [0.25, 0.3) is 0 Å². The number of carbonyl (C=O) groups excluding carboxylic acids is 1. The van der Waals surface area contributed by atoms with Crippen molar-refractivity contribution in [3.63, 3.8) is 0 Å². The first-order valence-electron chi connectivity index (χ1n) is 7.18. The fourth-order valence-electron chi connectivity index (χ4n) is 2.02. The standard InChI is InChI=1S/C18H18N2O2/c1-2-22-17-9-7-14(8-10-17)11-18(21)20-13-16-5-3-15(12-19)4-6-16/h3-10H,2,11,13H2,1H3,(H,20,21). The molecule has 0 saturated heterocycles. The molecule has 0 aromatic heterocycles. The van der Waals surface area contributed by atoms with Gasteiger partial charge < -0.3 is 10.1 Å². The molecule has 0 heterocycles. The minimum Gasteiger partial charge on any atom is -0.494 e. The smallest absolute Gasteiger partial charge is 0.224 e. The number of carbonyl (C=O) groups is 1. The van der Waals surface area contributed by atoms with E-state index in [0.717, 1.165) is 16.9 Å². The maximum Gasteiger partial charge on any atom is 0.224 e. The highest BCUT2D eigenvalue weighted by molar-refractivity contribution is 5.78. The van der Waals surface area contributed by atoms with Gasteiger partial charge in [0.15, 0.2) is 0 Å². The summed E-state index contributed by atoms with van der Waals surface area (Å²) in [5.41, 5.74) is 2.53. The van der Waals surface area contributed by atoms with Crippen molar-refractivity contribution in [1.82, 2.24) is 5.32 Å². The quantitative estimate of drug-likeness (QED) is 0.891. The Morgan fingerprint density at radius 1 is 1.09 bits per heavy atom. The molecule has 0 unspecified atom stereocenters. The summed E-state index contributed by atoms with van der Waals surface area (Å²) in [5.74, 6) is 0.776. The Morgan fingerprint density at radius 3 is 2.32 bits per heavy atom. The van der Waals surface area contributed by atoms with Gasteiger partial charge >= 0.3 is 0 Å². The lowest BCUT2D eigenvalue weighted by molar-refractivity contribution is -0.120. The summed E-state index contributed by atoms with van der Waals surface area (Å²) in [4.78, 5) is 11.9. The SMILES string of the molecule is CCOc1ccc(CC(=O)NCc2ccc(C#N)cc2)cc1. The molecule has 2 aromatic rings. The Morgan fingerprint density at radius 2 is 1.73 bits per heavy atom. The highest BCUT2D eigenvalue weighted by Crippen LogP contribution is 2.12. The van der Waals surface area contributed by atoms with Gasteiger partial charge in [-0.25, -0.2) is 0 Å². The van der Waals surface area contributed by atoms with Gasteiger partial charge in [0.05, 0.1) is 24.7 Å². The molecular weight excluding hydrogens is 276 g/mol. The van der Waals surface area contributed by atoms with Gasteiger partial charge in [0.25, 0.3) is 0 Å². The van der Waals surface area contributed by atoms with Crippen LogP contribution >= 0.6 is 0 Å². The molecular formula is C18H18N2O2. The minimum atomic E-state index is -0.0338. The van der Waals surface area contributed by atoms with E-state index in [4.69, 9.17) is 10.00 Å². The van der Waals surface area contributed by atoms with Crippen LogP contribution in [0.4, 0.5) is 0 Å². The summed E-state index contributed by atoms with van der Waals surface area (Å²) in [6.45, 7) is 3.02. The Balaban J connectivity index is 1.83. The van der Waals surface area contributed by atoms with Crippen LogP contribution < -0.4 is 10.1 Å². The van der Waals surface area contributed by atoms with Crippen LogP contribution in [0.2, 0.25) is 0 Å². The summed E-state index contributed by atoms with van der Waals surface area (Å²) in [7, 11) is 0. The van der Waals surface area contributed by atoms with E-state index in [1.54, 1.807) is 12.1 Å². The first kappa shape index (κ1) is 15.6. The minimum absolute atomic E-state index is 0.0338. The molecule has 2 rings (SSSR count). The molecule has 0 atom stereocenters. The number of nitriles is 1. The fraction of sp³-hybridized carbons (Fsp3) is 0.222. The number of rotatable bonds is 6. The zero-order valence-electron chi connectivity index (χ0n) is 12.5. The van der Waals surface area contributed by atoms with Gasteiger partial charge in [-0.05, 0) is 42.3 Å². The normalized spacial score (nSPS) is 9.82. The third-order valence-electron chi connectivity index (χ3n) is 3.17. The van der Waals surface area contributed by atoms with Crippen molar-refractivity contribution in [3.05, 3.63) is 65.2 Å². The molecule has 1 N–H and O–H groups in total. The van der Waals surface area contributed by atoms with Crippen LogP contribution in [0.15, 0.2) is 48.5 Å². The van der Waals surface area contributed by atoms with E-state index in [1.807, 2.05) is 43.3 Å². The van der Waals surface area contributed by atoms with Crippen LogP contribution in [0, 0.1) is 11.3 Å². The number of hydrogen-bond donors (Lipinski definition) is 1. The second-order valence-electron chi connectivity index (χ2n) is 4.84. The molecule has 0 fully saturated rings. The average Bonchev–Trinajstić information content (AvgIpc) is 2.55. The monoisotopic (exact) mass is 294 g/mol. The highest BCUT2D eigenvalue weighted by Gasteiger charge is 2.04. The van der Waals surface area contributed by atoms with Crippen molar-refractivity contribution in [2.45, 2.75) is 19.9 Å². The molecule has 2 aromatic carbocycles. The van der Waals surface area contributed by atoms with Gasteiger partial charge in [0.1, 0.15) is 5.75 Å². The molecule has 4 nitrogen and oxygen atoms in total. The maximum atomic E-state index is 11.9. The number of nitrogens with one attached hydrogen (secondary N) is 1. The molecule has 0 bridgehead atoms. The molecule has 0 saturated carbocycles. The van der Waals surface area contributed by atoms with E-state index in [2.05, 4.69) is 11.4 Å². The van der Waals surface area contributed by atoms with Gasteiger partial charge in [-0.15, -0.1) is 0 Å². The fourth-order valence-corrected chi connectivity index (χ4v) is 2.02. The molecule has 0 spiro atoms. The van der Waals surface area contributed by atoms with Crippen molar-refractivity contribution >= 4 is 5.91 Å². The maximum absolute atomic E-state index is 11.9. The third-order valence-corrected chi connectivity index (χ3v) is 3.17. The lowest BCUT2D eigenvalue weighted by atomic mass is 10.1. The molecule has 0 aliphatic carbocycles. The zero-order chi connectivity index (χ0) is 15.8. The van der Waals surface area contributed by atoms with E-state index >= 15 is 0 Å². The third kappa shape index (κ3) is 4.64. The second kappa shape index (κ2) is 7.84. The van der Waals surface area contributed by atoms with Crippen LogP contribution in [0.3, 0.4) is 0 Å². The summed E-state index contributed by atoms with van der Waals surface area (Å²) in [6, 6.07) is 16.8. The Hall–Kier alpha value is -2.80. The van der Waals surface area contributed by atoms with E-state index in [9.17, 15) is 4.79 Å². The van der Waals surface area contributed by atoms with Crippen molar-refractivity contribution in [1.29, 1.82) is 5.26 Å². The predicted octanol–water partition coefficient (Wildman–Crippen LogP) is 2.82. The first-order valence-corrected chi connectivity index (χ1v) is 7.18. The summed E-state index contributed by atoms with van der Waals surface area (Å²) in [6.07, 6.45) is 0.336. The van der Waals surface area contributed by atoms with Crippen molar-refractivity contribution in [3.8, 4) is 11.8 Å². The van der Waals surface area contributed by atoms with Crippen molar-refractivity contribution < 1.29 is 9.53 Å². The molecule has 4 heteroatoms. The Labute approximate surface area is 130 Å². The molecule has 0 aliphatic heterocycles. The summed E-state index contributed by atoms with van der Waals surface area (Å²) < 4.78 is 5.37. The van der Waals surface area contributed by atoms with Crippen molar-refractivity contribution in [2.24, 2.45) is 0 Å². The van der Waals surface area contributed by atoms with Gasteiger partial charge in [-0.3, -0.25) is 4.79 Å². The van der Waals surface area contributed by atoms with Gasteiger partial charge in [0, 0.05) is 6.54 Å². The van der Waals surface area contributed by atoms with Crippen LogP contribution in [-0.2, 0) is 17.8 Å².